The molecule has 4 N–H and O–H groups in total. The van der Waals surface area contributed by atoms with Crippen molar-refractivity contribution in [3.05, 3.63) is 34.9 Å². The summed E-state index contributed by atoms with van der Waals surface area (Å²) in [6.07, 6.45) is -0.0159. The summed E-state index contributed by atoms with van der Waals surface area (Å²) in [5, 5.41) is 43.9. The number of aromatic nitrogens is 5. The van der Waals surface area contributed by atoms with Gasteiger partial charge in [0.2, 0.25) is 0 Å². The van der Waals surface area contributed by atoms with Gasteiger partial charge in [0.05, 0.1) is 31.6 Å². The molecule has 2 heterocycles. The normalized spacial score (nSPS) is 22.7. The number of benzene rings is 1. The highest BCUT2D eigenvalue weighted by Crippen LogP contribution is 2.35. The van der Waals surface area contributed by atoms with Gasteiger partial charge in [-0.25, -0.2) is 14.6 Å². The van der Waals surface area contributed by atoms with E-state index in [0.717, 1.165) is 17.7 Å². The van der Waals surface area contributed by atoms with Gasteiger partial charge in [-0.3, -0.25) is 5.43 Å². The molecule has 3 aromatic rings. The number of aliphatic hydroxyl groups excluding tert-OH is 3. The molecule has 182 valence electrons. The molecule has 1 fully saturated rings. The fraction of sp³-hybridized carbons (Fsp3) is 0.476. The zero-order chi connectivity index (χ0) is 24.1. The molecule has 1 aliphatic carbocycles. The van der Waals surface area contributed by atoms with E-state index in [0.29, 0.717) is 33.6 Å². The monoisotopic (exact) mass is 507 g/mol. The van der Waals surface area contributed by atoms with Crippen LogP contribution in [0.2, 0.25) is 5.02 Å². The van der Waals surface area contributed by atoms with Crippen LogP contribution in [0.5, 0.6) is 0 Å². The highest BCUT2D eigenvalue weighted by molar-refractivity contribution is 7.99. The maximum Gasteiger partial charge on any atom is 0.191 e. The summed E-state index contributed by atoms with van der Waals surface area (Å²) in [6, 6.07) is 6.62. The molecule has 11 nitrogen and oxygen atoms in total. The van der Waals surface area contributed by atoms with Crippen LogP contribution in [0, 0.1) is 0 Å². The molecule has 34 heavy (non-hydrogen) atoms. The van der Waals surface area contributed by atoms with Crippen LogP contribution in [0.4, 0.5) is 5.82 Å². The van der Waals surface area contributed by atoms with Gasteiger partial charge >= 0.3 is 0 Å². The van der Waals surface area contributed by atoms with Gasteiger partial charge in [0.25, 0.3) is 0 Å². The van der Waals surface area contributed by atoms with E-state index >= 15 is 0 Å². The first-order valence-electron chi connectivity index (χ1n) is 10.9. The van der Waals surface area contributed by atoms with Crippen LogP contribution in [-0.2, 0) is 4.74 Å². The number of anilines is 1. The summed E-state index contributed by atoms with van der Waals surface area (Å²) in [7, 11) is 0. The number of hydrogen-bond acceptors (Lipinski definition) is 11. The summed E-state index contributed by atoms with van der Waals surface area (Å²) < 4.78 is 6.98. The lowest BCUT2D eigenvalue weighted by Crippen LogP contribution is -2.33. The first kappa shape index (κ1) is 24.8. The molecule has 0 saturated heterocycles. The van der Waals surface area contributed by atoms with Crippen LogP contribution in [-0.4, -0.2) is 83.8 Å². The number of hydrazone groups is 1. The fourth-order valence-corrected chi connectivity index (χ4v) is 4.49. The lowest BCUT2D eigenvalue weighted by atomic mass is 10.2. The zero-order valence-electron chi connectivity index (χ0n) is 18.5. The quantitative estimate of drug-likeness (QED) is 0.138. The van der Waals surface area contributed by atoms with E-state index in [2.05, 4.69) is 37.7 Å². The Balaban J connectivity index is 1.64. The molecule has 0 radical (unpaired) electrons. The maximum atomic E-state index is 10.6. The van der Waals surface area contributed by atoms with Crippen LogP contribution < -0.4 is 5.43 Å². The summed E-state index contributed by atoms with van der Waals surface area (Å²) >= 11 is 7.41. The molecule has 4 atom stereocenters. The van der Waals surface area contributed by atoms with E-state index in [-0.39, 0.29) is 13.2 Å². The van der Waals surface area contributed by atoms with E-state index in [4.69, 9.17) is 21.4 Å². The van der Waals surface area contributed by atoms with Gasteiger partial charge < -0.3 is 20.1 Å². The Morgan fingerprint density at radius 3 is 2.79 bits per heavy atom. The number of hydrogen-bond donors (Lipinski definition) is 4. The fourth-order valence-electron chi connectivity index (χ4n) is 3.67. The third-order valence-electron chi connectivity index (χ3n) is 5.33. The molecule has 1 saturated carbocycles. The van der Waals surface area contributed by atoms with Crippen molar-refractivity contribution in [1.29, 1.82) is 0 Å². The Bertz CT molecular complexity index is 1130. The SMILES string of the molecule is CCCSc1nc(N/N=C/c2ccc(Cl)cc2)c2nnn([C@@H]3C[C@H](OCCO)[C@@H](O)[C@H]3O)c2n1. The molecule has 4 rings (SSSR count). The largest absolute Gasteiger partial charge is 0.394 e. The van der Waals surface area contributed by atoms with Gasteiger partial charge in [-0.2, -0.15) is 5.10 Å². The Hall–Kier alpha value is -2.35. The molecule has 2 aromatic heterocycles. The molecule has 0 unspecified atom stereocenters. The predicted octanol–water partition coefficient (Wildman–Crippen LogP) is 1.87. The number of halogens is 1. The first-order valence-corrected chi connectivity index (χ1v) is 12.3. The standard InChI is InChI=1S/C21H26ClN7O4S/c1-2-9-34-21-24-19(27-23-11-12-3-5-13(22)6-4-12)16-20(25-21)29(28-26-16)14-10-15(33-8-7-30)18(32)17(14)31/h3-6,11,14-15,17-18,30-32H,2,7-10H2,1H3,(H,24,25,27)/b23-11+/t14-,15+,17+,18-/m1/s1. The maximum absolute atomic E-state index is 10.6. The minimum absolute atomic E-state index is 0.0684. The first-order chi connectivity index (χ1) is 16.5. The minimum Gasteiger partial charge on any atom is -0.394 e. The van der Waals surface area contributed by atoms with Crippen molar-refractivity contribution in [3.8, 4) is 0 Å². The third kappa shape index (κ3) is 5.48. The van der Waals surface area contributed by atoms with Gasteiger partial charge in [-0.05, 0) is 24.1 Å². The van der Waals surface area contributed by atoms with Crippen LogP contribution in [0.25, 0.3) is 11.2 Å². The summed E-state index contributed by atoms with van der Waals surface area (Å²) in [6.45, 7) is 1.96. The van der Waals surface area contributed by atoms with E-state index in [1.165, 1.54) is 16.4 Å². The smallest absolute Gasteiger partial charge is 0.191 e. The predicted molar refractivity (Wildman–Crippen MR) is 129 cm³/mol. The van der Waals surface area contributed by atoms with Crippen molar-refractivity contribution < 1.29 is 20.1 Å². The van der Waals surface area contributed by atoms with Crippen molar-refractivity contribution in [1.82, 2.24) is 25.0 Å². The number of fused-ring (bicyclic) bond motifs is 1. The van der Waals surface area contributed by atoms with Gasteiger partial charge in [0.1, 0.15) is 12.2 Å². The Labute approximate surface area is 205 Å². The number of nitrogens with zero attached hydrogens (tertiary/aromatic N) is 6. The average molecular weight is 508 g/mol. The van der Waals surface area contributed by atoms with Crippen molar-refractivity contribution in [2.45, 2.75) is 49.3 Å². The number of thioether (sulfide) groups is 1. The van der Waals surface area contributed by atoms with Crippen LogP contribution in [0.1, 0.15) is 31.4 Å². The van der Waals surface area contributed by atoms with Crippen molar-refractivity contribution in [2.24, 2.45) is 5.10 Å². The molecule has 13 heteroatoms. The van der Waals surface area contributed by atoms with Gasteiger partial charge in [-0.1, -0.05) is 47.6 Å². The van der Waals surface area contributed by atoms with Crippen LogP contribution in [0.3, 0.4) is 0 Å². The minimum atomic E-state index is -1.13. The highest BCUT2D eigenvalue weighted by Gasteiger charge is 2.44. The summed E-state index contributed by atoms with van der Waals surface area (Å²) in [5.41, 5.74) is 4.57. The van der Waals surface area contributed by atoms with E-state index < -0.39 is 24.4 Å². The Morgan fingerprint density at radius 2 is 2.06 bits per heavy atom. The number of ether oxygens (including phenoxy) is 1. The molecular weight excluding hydrogens is 482 g/mol. The molecule has 1 aromatic carbocycles. The van der Waals surface area contributed by atoms with Crippen LogP contribution >= 0.6 is 23.4 Å². The summed E-state index contributed by atoms with van der Waals surface area (Å²) in [5.74, 6) is 1.20. The van der Waals surface area contributed by atoms with Gasteiger partial charge in [-0.15, -0.1) is 5.10 Å². The molecule has 1 aliphatic rings. The second-order valence-corrected chi connectivity index (χ2v) is 9.25. The zero-order valence-corrected chi connectivity index (χ0v) is 20.0. The summed E-state index contributed by atoms with van der Waals surface area (Å²) in [4.78, 5) is 9.15. The number of rotatable bonds is 10. The molecule has 0 aliphatic heterocycles. The Morgan fingerprint density at radius 1 is 1.26 bits per heavy atom. The van der Waals surface area contributed by atoms with Gasteiger partial charge in [0.15, 0.2) is 22.1 Å². The van der Waals surface area contributed by atoms with E-state index in [1.807, 2.05) is 12.1 Å². The van der Waals surface area contributed by atoms with E-state index in [9.17, 15) is 10.2 Å². The van der Waals surface area contributed by atoms with Crippen molar-refractivity contribution >= 4 is 46.6 Å². The molecule has 0 spiro atoms. The van der Waals surface area contributed by atoms with Crippen LogP contribution in [0.15, 0.2) is 34.5 Å². The third-order valence-corrected chi connectivity index (χ3v) is 6.63. The number of aliphatic hydroxyl groups is 3. The molecule has 0 amide bonds. The van der Waals surface area contributed by atoms with Crippen molar-refractivity contribution in [2.75, 3.05) is 24.4 Å². The lowest BCUT2D eigenvalue weighted by molar-refractivity contribution is -0.0629. The topological polar surface area (TPSA) is 151 Å². The van der Waals surface area contributed by atoms with E-state index in [1.54, 1.807) is 18.3 Å². The Kier molecular flexibility index (Phi) is 8.29. The lowest BCUT2D eigenvalue weighted by Gasteiger charge is -2.17. The molecule has 0 bridgehead atoms. The average Bonchev–Trinajstić information content (AvgIpc) is 3.38. The second kappa shape index (κ2) is 11.4. The number of nitrogens with one attached hydrogen (secondary N) is 1. The molecular formula is C21H26ClN7O4S. The van der Waals surface area contributed by atoms with Gasteiger partial charge in [0, 0.05) is 17.2 Å². The highest BCUT2D eigenvalue weighted by atomic mass is 35.5. The van der Waals surface area contributed by atoms with Crippen molar-refractivity contribution in [3.63, 3.8) is 0 Å². The second-order valence-electron chi connectivity index (χ2n) is 7.75.